The molecule has 0 amide bonds. The monoisotopic (exact) mass is 216 g/mol. The van der Waals surface area contributed by atoms with Crippen LogP contribution in [0.25, 0.3) is 0 Å². The molecule has 84 valence electrons. The molecule has 0 aliphatic rings. The summed E-state index contributed by atoms with van der Waals surface area (Å²) in [6, 6.07) is 6.13. The molecule has 15 heavy (non-hydrogen) atoms. The fourth-order valence-electron chi connectivity index (χ4n) is 1.26. The Labute approximate surface area is 87.5 Å². The predicted octanol–water partition coefficient (Wildman–Crippen LogP) is 2.98. The van der Waals surface area contributed by atoms with Gasteiger partial charge in [0.2, 0.25) is 0 Å². The van der Waals surface area contributed by atoms with Crippen LogP contribution in [-0.4, -0.2) is 11.7 Å². The Kier molecular flexibility index (Phi) is 4.03. The molecule has 0 aromatic heterocycles. The minimum Gasteiger partial charge on any atom is -0.435 e. The molecule has 4 heteroatoms. The van der Waals surface area contributed by atoms with E-state index in [0.29, 0.717) is 5.56 Å². The van der Waals surface area contributed by atoms with E-state index in [4.69, 9.17) is 0 Å². The molecule has 0 bridgehead atoms. The van der Waals surface area contributed by atoms with Gasteiger partial charge < -0.3 is 9.84 Å². The first-order chi connectivity index (χ1) is 7.00. The molecular formula is C11H14F2O2. The van der Waals surface area contributed by atoms with Crippen LogP contribution in [0.4, 0.5) is 8.78 Å². The summed E-state index contributed by atoms with van der Waals surface area (Å²) < 4.78 is 28.1. The largest absolute Gasteiger partial charge is 0.435 e. The van der Waals surface area contributed by atoms with E-state index in [0.717, 1.165) is 0 Å². The highest BCUT2D eigenvalue weighted by Crippen LogP contribution is 2.25. The highest BCUT2D eigenvalue weighted by Gasteiger charge is 2.13. The average molecular weight is 216 g/mol. The maximum Gasteiger partial charge on any atom is 0.387 e. The summed E-state index contributed by atoms with van der Waals surface area (Å²) in [6.07, 6.45) is -0.661. The van der Waals surface area contributed by atoms with Crippen molar-refractivity contribution in [3.05, 3.63) is 29.8 Å². The molecule has 0 aliphatic heterocycles. The molecule has 1 aromatic rings. The predicted molar refractivity (Wildman–Crippen MR) is 52.9 cm³/mol. The van der Waals surface area contributed by atoms with Gasteiger partial charge in [-0.05, 0) is 23.6 Å². The maximum atomic E-state index is 11.9. The van der Waals surface area contributed by atoms with Gasteiger partial charge in [0.05, 0.1) is 6.10 Å². The number of rotatable bonds is 4. The molecule has 0 fully saturated rings. The molecule has 1 rings (SSSR count). The molecule has 0 spiro atoms. The van der Waals surface area contributed by atoms with Crippen molar-refractivity contribution in [2.75, 3.05) is 0 Å². The molecule has 0 heterocycles. The fourth-order valence-corrected chi connectivity index (χ4v) is 1.26. The van der Waals surface area contributed by atoms with E-state index >= 15 is 0 Å². The Bertz CT molecular complexity index is 313. The normalized spacial score (nSPS) is 13.3. The lowest BCUT2D eigenvalue weighted by Crippen LogP contribution is -2.07. The molecule has 0 saturated heterocycles. The van der Waals surface area contributed by atoms with Gasteiger partial charge in [-0.25, -0.2) is 0 Å². The van der Waals surface area contributed by atoms with Crippen LogP contribution in [0.3, 0.4) is 0 Å². The topological polar surface area (TPSA) is 29.5 Å². The first kappa shape index (κ1) is 11.9. The summed E-state index contributed by atoms with van der Waals surface area (Å²) in [5, 5.41) is 9.71. The second-order valence-corrected chi connectivity index (χ2v) is 3.64. The zero-order valence-corrected chi connectivity index (χ0v) is 8.65. The maximum absolute atomic E-state index is 11.9. The number of benzene rings is 1. The van der Waals surface area contributed by atoms with Gasteiger partial charge in [0.15, 0.2) is 0 Å². The Morgan fingerprint density at radius 2 is 1.93 bits per heavy atom. The van der Waals surface area contributed by atoms with Crippen molar-refractivity contribution in [1.29, 1.82) is 0 Å². The summed E-state index contributed by atoms with van der Waals surface area (Å²) in [5.74, 6) is 0.106. The number of hydrogen-bond donors (Lipinski definition) is 1. The van der Waals surface area contributed by atoms with Crippen LogP contribution in [-0.2, 0) is 0 Å². The quantitative estimate of drug-likeness (QED) is 0.838. The molecule has 0 saturated carbocycles. The molecule has 1 N–H and O–H groups in total. The summed E-state index contributed by atoms with van der Waals surface area (Å²) in [5.41, 5.74) is 0.586. The van der Waals surface area contributed by atoms with E-state index in [9.17, 15) is 13.9 Å². The minimum absolute atomic E-state index is 0.0341. The van der Waals surface area contributed by atoms with Gasteiger partial charge in [-0.2, -0.15) is 8.78 Å². The van der Waals surface area contributed by atoms with Gasteiger partial charge in [-0.1, -0.05) is 26.0 Å². The van der Waals surface area contributed by atoms with Crippen LogP contribution < -0.4 is 4.74 Å². The number of hydrogen-bond acceptors (Lipinski definition) is 2. The zero-order chi connectivity index (χ0) is 11.4. The number of aliphatic hydroxyl groups excluding tert-OH is 1. The van der Waals surface area contributed by atoms with Crippen molar-refractivity contribution in [2.45, 2.75) is 26.6 Å². The molecular weight excluding hydrogens is 202 g/mol. The molecule has 2 nitrogen and oxygen atoms in total. The third-order valence-electron chi connectivity index (χ3n) is 2.06. The fraction of sp³-hybridized carbons (Fsp3) is 0.455. The Morgan fingerprint density at radius 1 is 1.27 bits per heavy atom. The minimum atomic E-state index is -2.84. The summed E-state index contributed by atoms with van der Waals surface area (Å²) in [6.45, 7) is 0.868. The summed E-state index contributed by atoms with van der Waals surface area (Å²) in [4.78, 5) is 0. The number of halogens is 2. The van der Waals surface area contributed by atoms with Crippen LogP contribution in [0.1, 0.15) is 25.5 Å². The van der Waals surface area contributed by atoms with Gasteiger partial charge in [0.25, 0.3) is 0 Å². The van der Waals surface area contributed by atoms with Crippen LogP contribution >= 0.6 is 0 Å². The van der Waals surface area contributed by atoms with Crippen molar-refractivity contribution in [3.8, 4) is 5.75 Å². The van der Waals surface area contributed by atoms with Crippen molar-refractivity contribution in [1.82, 2.24) is 0 Å². The van der Waals surface area contributed by atoms with Gasteiger partial charge in [-0.3, -0.25) is 0 Å². The Hall–Kier alpha value is -1.16. The highest BCUT2D eigenvalue weighted by molar-refractivity contribution is 5.30. The first-order valence-electron chi connectivity index (χ1n) is 4.73. The van der Waals surface area contributed by atoms with Gasteiger partial charge in [0, 0.05) is 0 Å². The summed E-state index contributed by atoms with van der Waals surface area (Å²) in [7, 11) is 0. The van der Waals surface area contributed by atoms with E-state index in [1.54, 1.807) is 12.1 Å². The van der Waals surface area contributed by atoms with Crippen LogP contribution in [0.5, 0.6) is 5.75 Å². The molecule has 1 aromatic carbocycles. The van der Waals surface area contributed by atoms with Gasteiger partial charge in [-0.15, -0.1) is 0 Å². The smallest absolute Gasteiger partial charge is 0.387 e. The Morgan fingerprint density at radius 3 is 2.47 bits per heavy atom. The number of ether oxygens (including phenoxy) is 1. The van der Waals surface area contributed by atoms with Crippen molar-refractivity contribution >= 4 is 0 Å². The second kappa shape index (κ2) is 5.07. The van der Waals surface area contributed by atoms with Crippen LogP contribution in [0, 0.1) is 5.92 Å². The zero-order valence-electron chi connectivity index (χ0n) is 8.65. The molecule has 0 radical (unpaired) electrons. The van der Waals surface area contributed by atoms with E-state index in [-0.39, 0.29) is 11.7 Å². The van der Waals surface area contributed by atoms with Crippen molar-refractivity contribution in [3.63, 3.8) is 0 Å². The van der Waals surface area contributed by atoms with Gasteiger partial charge in [0.1, 0.15) is 5.75 Å². The molecule has 1 unspecified atom stereocenters. The SMILES string of the molecule is CC(C)C(O)c1cccc(OC(F)F)c1. The average Bonchev–Trinajstić information content (AvgIpc) is 2.16. The van der Waals surface area contributed by atoms with Crippen molar-refractivity contribution < 1.29 is 18.6 Å². The van der Waals surface area contributed by atoms with E-state index in [1.807, 2.05) is 13.8 Å². The van der Waals surface area contributed by atoms with E-state index in [2.05, 4.69) is 4.74 Å². The number of aliphatic hydroxyl groups is 1. The molecule has 0 aliphatic carbocycles. The lowest BCUT2D eigenvalue weighted by molar-refractivity contribution is -0.0500. The highest BCUT2D eigenvalue weighted by atomic mass is 19.3. The third-order valence-corrected chi connectivity index (χ3v) is 2.06. The molecule has 1 atom stereocenters. The van der Waals surface area contributed by atoms with E-state index < -0.39 is 12.7 Å². The van der Waals surface area contributed by atoms with Crippen LogP contribution in [0.2, 0.25) is 0 Å². The van der Waals surface area contributed by atoms with Crippen LogP contribution in [0.15, 0.2) is 24.3 Å². The first-order valence-corrected chi connectivity index (χ1v) is 4.73. The standard InChI is InChI=1S/C11H14F2O2/c1-7(2)10(14)8-4-3-5-9(6-8)15-11(12)13/h3-7,10-11,14H,1-2H3. The van der Waals surface area contributed by atoms with Crippen molar-refractivity contribution in [2.24, 2.45) is 5.92 Å². The number of alkyl halides is 2. The lowest BCUT2D eigenvalue weighted by Gasteiger charge is -2.15. The Balaban J connectivity index is 2.82. The lowest BCUT2D eigenvalue weighted by atomic mass is 9.99. The third kappa shape index (κ3) is 3.47. The van der Waals surface area contributed by atoms with E-state index in [1.165, 1.54) is 12.1 Å². The summed E-state index contributed by atoms with van der Waals surface area (Å²) >= 11 is 0. The van der Waals surface area contributed by atoms with Gasteiger partial charge >= 0.3 is 6.61 Å². The second-order valence-electron chi connectivity index (χ2n) is 3.64.